The lowest BCUT2D eigenvalue weighted by atomic mass is 9.93. The SMILES string of the molecule is Cc1cc(Cl)cc(-c2ncnn3cc(CN4C(=O)C5C(C4=O)C5(C)C)cc23)c1CC1CN[C@@H](C)CO1.Cl. The first-order chi connectivity index (χ1) is 17.1. The Balaban J connectivity index is 0.00000280. The Morgan fingerprint density at radius 2 is 1.92 bits per heavy atom. The number of imide groups is 1. The van der Waals surface area contributed by atoms with Crippen molar-refractivity contribution in [2.75, 3.05) is 13.2 Å². The number of rotatable bonds is 5. The first-order valence-electron chi connectivity index (χ1n) is 12.5. The number of amides is 2. The van der Waals surface area contributed by atoms with Crippen molar-refractivity contribution >= 4 is 41.3 Å². The van der Waals surface area contributed by atoms with E-state index in [9.17, 15) is 9.59 Å². The van der Waals surface area contributed by atoms with Crippen molar-refractivity contribution in [1.29, 1.82) is 0 Å². The van der Waals surface area contributed by atoms with E-state index < -0.39 is 0 Å². The topological polar surface area (TPSA) is 88.8 Å². The van der Waals surface area contributed by atoms with E-state index in [0.29, 0.717) is 17.7 Å². The molecule has 2 saturated heterocycles. The summed E-state index contributed by atoms with van der Waals surface area (Å²) in [5, 5.41) is 8.52. The van der Waals surface area contributed by atoms with Gasteiger partial charge in [0.15, 0.2) is 0 Å². The summed E-state index contributed by atoms with van der Waals surface area (Å²) in [6.45, 7) is 9.86. The van der Waals surface area contributed by atoms with Gasteiger partial charge in [-0.05, 0) is 54.2 Å². The number of nitrogens with one attached hydrogen (secondary N) is 1. The average Bonchev–Trinajstić information content (AvgIpc) is 3.08. The summed E-state index contributed by atoms with van der Waals surface area (Å²) in [5.41, 5.74) is 5.34. The average molecular weight is 544 g/mol. The molecule has 0 radical (unpaired) electrons. The molecule has 6 rings (SSSR count). The minimum absolute atomic E-state index is 0. The van der Waals surface area contributed by atoms with E-state index in [0.717, 1.165) is 46.4 Å². The van der Waals surface area contributed by atoms with Crippen LogP contribution in [0.3, 0.4) is 0 Å². The first-order valence-corrected chi connectivity index (χ1v) is 12.8. The van der Waals surface area contributed by atoms with Crippen molar-refractivity contribution in [3.05, 3.63) is 52.4 Å². The summed E-state index contributed by atoms with van der Waals surface area (Å²) < 4.78 is 7.84. The number of aromatic nitrogens is 3. The van der Waals surface area contributed by atoms with Crippen LogP contribution in [0.2, 0.25) is 5.02 Å². The van der Waals surface area contributed by atoms with E-state index in [1.165, 1.54) is 11.2 Å². The lowest BCUT2D eigenvalue weighted by Crippen LogP contribution is -2.45. The van der Waals surface area contributed by atoms with Crippen molar-refractivity contribution in [1.82, 2.24) is 24.8 Å². The Morgan fingerprint density at radius 1 is 1.19 bits per heavy atom. The number of carbonyl (C=O) groups excluding carboxylic acids is 2. The van der Waals surface area contributed by atoms with Gasteiger partial charge in [-0.2, -0.15) is 5.10 Å². The maximum atomic E-state index is 12.8. The third kappa shape index (κ3) is 4.34. The van der Waals surface area contributed by atoms with Crippen molar-refractivity contribution in [2.24, 2.45) is 17.3 Å². The largest absolute Gasteiger partial charge is 0.375 e. The number of piperidine rings is 1. The van der Waals surface area contributed by atoms with Gasteiger partial charge in [-0.3, -0.25) is 14.5 Å². The molecule has 3 aliphatic rings. The van der Waals surface area contributed by atoms with Gasteiger partial charge in [0.25, 0.3) is 0 Å². The Bertz CT molecular complexity index is 1370. The fraction of sp³-hybridized carbons (Fsp3) is 0.481. The molecule has 10 heteroatoms. The molecular weight excluding hydrogens is 513 g/mol. The minimum Gasteiger partial charge on any atom is -0.375 e. The maximum Gasteiger partial charge on any atom is 0.233 e. The molecule has 2 amide bonds. The third-order valence-corrected chi connectivity index (χ3v) is 8.31. The summed E-state index contributed by atoms with van der Waals surface area (Å²) in [6, 6.07) is 6.23. The Morgan fingerprint density at radius 3 is 2.59 bits per heavy atom. The van der Waals surface area contributed by atoms with Gasteiger partial charge in [-0.25, -0.2) is 9.50 Å². The van der Waals surface area contributed by atoms with Crippen LogP contribution >= 0.6 is 24.0 Å². The van der Waals surface area contributed by atoms with Crippen LogP contribution < -0.4 is 5.32 Å². The predicted molar refractivity (Wildman–Crippen MR) is 143 cm³/mol. The van der Waals surface area contributed by atoms with E-state index in [1.807, 2.05) is 38.2 Å². The normalized spacial score (nSPS) is 26.4. The zero-order valence-corrected chi connectivity index (χ0v) is 22.9. The quantitative estimate of drug-likeness (QED) is 0.492. The van der Waals surface area contributed by atoms with Crippen LogP contribution in [0.5, 0.6) is 0 Å². The van der Waals surface area contributed by atoms with Gasteiger partial charge in [0.1, 0.15) is 6.33 Å². The van der Waals surface area contributed by atoms with E-state index in [4.69, 9.17) is 16.3 Å². The number of likely N-dealkylation sites (tertiary alicyclic amines) is 1. The second-order valence-corrected chi connectivity index (χ2v) is 11.5. The van der Waals surface area contributed by atoms with Crippen LogP contribution in [0.15, 0.2) is 30.7 Å². The molecule has 3 unspecified atom stereocenters. The molecule has 8 nitrogen and oxygen atoms in total. The van der Waals surface area contributed by atoms with Gasteiger partial charge >= 0.3 is 0 Å². The molecule has 2 aromatic heterocycles. The smallest absolute Gasteiger partial charge is 0.233 e. The maximum absolute atomic E-state index is 12.8. The molecule has 196 valence electrons. The first kappa shape index (κ1) is 26.1. The van der Waals surface area contributed by atoms with Crippen LogP contribution in [0.4, 0.5) is 0 Å². The molecule has 2 aliphatic heterocycles. The van der Waals surface area contributed by atoms with Crippen LogP contribution in [-0.4, -0.2) is 56.6 Å². The number of halogens is 2. The van der Waals surface area contributed by atoms with Gasteiger partial charge in [-0.15, -0.1) is 12.4 Å². The highest BCUT2D eigenvalue weighted by molar-refractivity contribution is 6.31. The fourth-order valence-electron chi connectivity index (χ4n) is 5.96. The highest BCUT2D eigenvalue weighted by atomic mass is 35.5. The van der Waals surface area contributed by atoms with E-state index in [2.05, 4.69) is 29.2 Å². The number of morpholine rings is 1. The van der Waals surface area contributed by atoms with Crippen molar-refractivity contribution in [2.45, 2.75) is 52.8 Å². The number of carbonyl (C=O) groups is 2. The summed E-state index contributed by atoms with van der Waals surface area (Å²) in [6.07, 6.45) is 4.18. The van der Waals surface area contributed by atoms with Crippen LogP contribution in [0.1, 0.15) is 37.5 Å². The van der Waals surface area contributed by atoms with E-state index >= 15 is 0 Å². The number of aryl methyl sites for hydroxylation is 1. The molecule has 1 aromatic carbocycles. The van der Waals surface area contributed by atoms with Crippen molar-refractivity contribution in [3.8, 4) is 11.3 Å². The summed E-state index contributed by atoms with van der Waals surface area (Å²) >= 11 is 6.50. The highest BCUT2D eigenvalue weighted by Crippen LogP contribution is 2.63. The zero-order chi connectivity index (χ0) is 25.4. The van der Waals surface area contributed by atoms with Crippen LogP contribution in [0, 0.1) is 24.2 Å². The monoisotopic (exact) mass is 543 g/mol. The molecule has 0 bridgehead atoms. The zero-order valence-electron chi connectivity index (χ0n) is 21.3. The van der Waals surface area contributed by atoms with E-state index in [1.54, 1.807) is 4.52 Å². The van der Waals surface area contributed by atoms with Gasteiger partial charge in [0.2, 0.25) is 11.8 Å². The molecule has 3 fully saturated rings. The Kier molecular flexibility index (Phi) is 6.59. The summed E-state index contributed by atoms with van der Waals surface area (Å²) in [4.78, 5) is 31.7. The van der Waals surface area contributed by atoms with Gasteiger partial charge < -0.3 is 10.1 Å². The molecule has 1 aliphatic carbocycles. The van der Waals surface area contributed by atoms with Crippen molar-refractivity contribution < 1.29 is 14.3 Å². The molecular formula is C27H31Cl2N5O3. The van der Waals surface area contributed by atoms with Gasteiger partial charge in [0, 0.05) is 35.8 Å². The van der Waals surface area contributed by atoms with Gasteiger partial charge in [0.05, 0.1) is 42.3 Å². The van der Waals surface area contributed by atoms with Crippen LogP contribution in [0.25, 0.3) is 16.8 Å². The third-order valence-electron chi connectivity index (χ3n) is 8.10. The number of hydrogen-bond donors (Lipinski definition) is 1. The van der Waals surface area contributed by atoms with Crippen molar-refractivity contribution in [3.63, 3.8) is 0 Å². The second kappa shape index (κ2) is 9.34. The lowest BCUT2D eigenvalue weighted by Gasteiger charge is -2.29. The Hall–Kier alpha value is -2.52. The molecule has 0 spiro atoms. The second-order valence-electron chi connectivity index (χ2n) is 11.0. The molecule has 3 aromatic rings. The number of benzene rings is 1. The summed E-state index contributed by atoms with van der Waals surface area (Å²) in [7, 11) is 0. The molecule has 1 saturated carbocycles. The predicted octanol–water partition coefficient (Wildman–Crippen LogP) is 3.84. The molecule has 4 atom stereocenters. The number of fused-ring (bicyclic) bond motifs is 2. The number of ether oxygens (including phenoxy) is 1. The van der Waals surface area contributed by atoms with Gasteiger partial charge in [-0.1, -0.05) is 25.4 Å². The summed E-state index contributed by atoms with van der Waals surface area (Å²) in [5.74, 6) is -0.512. The molecule has 37 heavy (non-hydrogen) atoms. The van der Waals surface area contributed by atoms with Crippen LogP contribution in [-0.2, 0) is 27.3 Å². The molecule has 1 N–H and O–H groups in total. The fourth-order valence-corrected chi connectivity index (χ4v) is 6.24. The lowest BCUT2D eigenvalue weighted by molar-refractivity contribution is -0.143. The molecule has 4 heterocycles. The highest BCUT2D eigenvalue weighted by Gasteiger charge is 2.72. The minimum atomic E-state index is -0.217. The Labute approximate surface area is 227 Å². The number of hydrogen-bond acceptors (Lipinski definition) is 6. The van der Waals surface area contributed by atoms with E-state index in [-0.39, 0.29) is 54.1 Å². The number of nitrogens with zero attached hydrogens (tertiary/aromatic N) is 4. The standard InChI is InChI=1S/C27H30ClN5O3.ClH/c1-14-5-17(28)7-20(19(14)8-18-9-29-15(2)12-36-18)24-21-6-16(11-33(21)31-13-30-24)10-32-25(34)22-23(26(32)35)27(22,3)4;/h5-7,11,13,15,18,22-23,29H,8-10,12H2,1-4H3;1H/t15-,18?,22?,23?;/m0./s1.